The number of hydrogen-bond acceptors (Lipinski definition) is 5. The number of benzene rings is 1. The van der Waals surface area contributed by atoms with Crippen molar-refractivity contribution in [2.45, 2.75) is 20.0 Å². The largest absolute Gasteiger partial charge is 0.292 e. The summed E-state index contributed by atoms with van der Waals surface area (Å²) in [5, 5.41) is 8.79. The van der Waals surface area contributed by atoms with Crippen LogP contribution in [0, 0.1) is 6.92 Å². The normalized spacial score (nSPS) is 11.1. The molecule has 7 heteroatoms. The van der Waals surface area contributed by atoms with Crippen LogP contribution in [0.5, 0.6) is 0 Å². The Labute approximate surface area is 143 Å². The third-order valence-corrected chi connectivity index (χ3v) is 3.98. The number of aryl methyl sites for hydroxylation is 1. The molecule has 0 bridgehead atoms. The zero-order chi connectivity index (χ0) is 17.2. The van der Waals surface area contributed by atoms with E-state index < -0.39 is 0 Å². The molecule has 0 saturated heterocycles. The molecule has 124 valence electrons. The minimum Gasteiger partial charge on any atom is -0.292 e. The van der Waals surface area contributed by atoms with Crippen LogP contribution in [0.3, 0.4) is 0 Å². The molecule has 0 saturated carbocycles. The molecule has 0 atom stereocenters. The molecule has 7 nitrogen and oxygen atoms in total. The first-order chi connectivity index (χ1) is 12.2. The van der Waals surface area contributed by atoms with Crippen LogP contribution < -0.4 is 5.56 Å². The lowest BCUT2D eigenvalue weighted by Crippen LogP contribution is -2.21. The molecule has 1 aromatic carbocycles. The molecule has 0 aliphatic rings. The van der Waals surface area contributed by atoms with Crippen molar-refractivity contribution in [3.63, 3.8) is 0 Å². The molecule has 0 aliphatic carbocycles. The highest BCUT2D eigenvalue weighted by molar-refractivity contribution is 5.72. The molecule has 0 N–H and O–H groups in total. The second kappa shape index (κ2) is 6.27. The average molecular weight is 332 g/mol. The molecule has 25 heavy (non-hydrogen) atoms. The number of nitrogens with zero attached hydrogens (tertiary/aromatic N) is 6. The number of rotatable bonds is 4. The Bertz CT molecular complexity index is 1080. The Kier molecular flexibility index (Phi) is 3.81. The molecule has 0 unspecified atom stereocenters. The predicted molar refractivity (Wildman–Crippen MR) is 93.2 cm³/mol. The van der Waals surface area contributed by atoms with E-state index in [9.17, 15) is 4.79 Å². The third-order valence-electron chi connectivity index (χ3n) is 3.98. The highest BCUT2D eigenvalue weighted by Crippen LogP contribution is 2.06. The first kappa shape index (κ1) is 15.2. The minimum atomic E-state index is -0.133. The van der Waals surface area contributed by atoms with Gasteiger partial charge in [-0.3, -0.25) is 9.36 Å². The van der Waals surface area contributed by atoms with Crippen LogP contribution in [0.1, 0.15) is 16.8 Å². The van der Waals surface area contributed by atoms with Crippen LogP contribution in [0.2, 0.25) is 0 Å². The van der Waals surface area contributed by atoms with Crippen molar-refractivity contribution in [1.82, 2.24) is 29.5 Å². The van der Waals surface area contributed by atoms with Crippen LogP contribution in [0.15, 0.2) is 59.9 Å². The van der Waals surface area contributed by atoms with Gasteiger partial charge in [-0.1, -0.05) is 35.0 Å². The molecule has 0 amide bonds. The van der Waals surface area contributed by atoms with Gasteiger partial charge >= 0.3 is 0 Å². The molecule has 3 heterocycles. The molecule has 0 spiro atoms. The maximum Gasteiger partial charge on any atom is 0.263 e. The summed E-state index contributed by atoms with van der Waals surface area (Å²) in [5.74, 6) is 0. The zero-order valence-corrected chi connectivity index (χ0v) is 13.7. The molecule has 3 aromatic heterocycles. The van der Waals surface area contributed by atoms with Crippen molar-refractivity contribution in [2.24, 2.45) is 0 Å². The first-order valence-corrected chi connectivity index (χ1v) is 7.94. The van der Waals surface area contributed by atoms with Gasteiger partial charge in [-0.05, 0) is 24.6 Å². The number of pyridine rings is 1. The van der Waals surface area contributed by atoms with Gasteiger partial charge in [0.25, 0.3) is 5.56 Å². The van der Waals surface area contributed by atoms with Crippen molar-refractivity contribution in [3.8, 4) is 0 Å². The SMILES string of the molecule is Cc1ccc(Cn2cc(Cn3cnc4ncccc4c3=O)nn2)cc1. The third kappa shape index (κ3) is 3.16. The van der Waals surface area contributed by atoms with E-state index in [2.05, 4.69) is 51.5 Å². The summed E-state index contributed by atoms with van der Waals surface area (Å²) in [6.07, 6.45) is 4.96. The fourth-order valence-electron chi connectivity index (χ4n) is 2.65. The van der Waals surface area contributed by atoms with Crippen LogP contribution in [0.25, 0.3) is 11.0 Å². The summed E-state index contributed by atoms with van der Waals surface area (Å²) in [5.41, 5.74) is 3.40. The maximum atomic E-state index is 12.5. The van der Waals surface area contributed by atoms with E-state index in [-0.39, 0.29) is 5.56 Å². The summed E-state index contributed by atoms with van der Waals surface area (Å²) in [4.78, 5) is 20.8. The number of hydrogen-bond donors (Lipinski definition) is 0. The monoisotopic (exact) mass is 332 g/mol. The van der Waals surface area contributed by atoms with Crippen LogP contribution in [-0.4, -0.2) is 29.5 Å². The summed E-state index contributed by atoms with van der Waals surface area (Å²) < 4.78 is 3.28. The van der Waals surface area contributed by atoms with Gasteiger partial charge in [0.2, 0.25) is 0 Å². The lowest BCUT2D eigenvalue weighted by Gasteiger charge is -2.03. The number of fused-ring (bicyclic) bond motifs is 1. The van der Waals surface area contributed by atoms with E-state index in [0.29, 0.717) is 29.8 Å². The summed E-state index contributed by atoms with van der Waals surface area (Å²) in [7, 11) is 0. The Morgan fingerprint density at radius 1 is 1.04 bits per heavy atom. The van der Waals surface area contributed by atoms with Crippen molar-refractivity contribution < 1.29 is 0 Å². The molecule has 4 rings (SSSR count). The minimum absolute atomic E-state index is 0.133. The highest BCUT2D eigenvalue weighted by Gasteiger charge is 2.07. The first-order valence-electron chi connectivity index (χ1n) is 7.94. The van der Waals surface area contributed by atoms with Crippen molar-refractivity contribution in [1.29, 1.82) is 0 Å². The van der Waals surface area contributed by atoms with Crippen LogP contribution in [0.4, 0.5) is 0 Å². The maximum absolute atomic E-state index is 12.5. The van der Waals surface area contributed by atoms with Gasteiger partial charge < -0.3 is 0 Å². The summed E-state index contributed by atoms with van der Waals surface area (Å²) in [6.45, 7) is 3.02. The Morgan fingerprint density at radius 2 is 1.88 bits per heavy atom. The van der Waals surface area contributed by atoms with Gasteiger partial charge in [-0.25, -0.2) is 14.6 Å². The lowest BCUT2D eigenvalue weighted by atomic mass is 10.1. The second-order valence-corrected chi connectivity index (χ2v) is 5.95. The van der Waals surface area contributed by atoms with E-state index in [1.165, 1.54) is 16.5 Å². The van der Waals surface area contributed by atoms with Crippen molar-refractivity contribution >= 4 is 11.0 Å². The standard InChI is InChI=1S/C18H16N6O/c1-13-4-6-14(7-5-13)9-24-11-15(21-22-24)10-23-12-20-17-16(18(23)25)3-2-8-19-17/h2-8,11-12H,9-10H2,1H3. The smallest absolute Gasteiger partial charge is 0.263 e. The predicted octanol–water partition coefficient (Wildman–Crippen LogP) is 1.79. The van der Waals surface area contributed by atoms with Crippen molar-refractivity contribution in [2.75, 3.05) is 0 Å². The molecular formula is C18H16N6O. The summed E-state index contributed by atoms with van der Waals surface area (Å²) >= 11 is 0. The van der Waals surface area contributed by atoms with E-state index in [0.717, 1.165) is 5.56 Å². The van der Waals surface area contributed by atoms with Crippen LogP contribution >= 0.6 is 0 Å². The molecule has 4 aromatic rings. The van der Waals surface area contributed by atoms with E-state index in [1.54, 1.807) is 23.0 Å². The van der Waals surface area contributed by atoms with Crippen molar-refractivity contribution in [3.05, 3.63) is 82.3 Å². The molecule has 0 fully saturated rings. The number of aromatic nitrogens is 6. The molecular weight excluding hydrogens is 316 g/mol. The Hall–Kier alpha value is -3.35. The van der Waals surface area contributed by atoms with Gasteiger partial charge in [-0.15, -0.1) is 5.10 Å². The van der Waals surface area contributed by atoms with Gasteiger partial charge in [0.15, 0.2) is 5.65 Å². The lowest BCUT2D eigenvalue weighted by molar-refractivity contribution is 0.648. The van der Waals surface area contributed by atoms with Gasteiger partial charge in [0.1, 0.15) is 12.0 Å². The van der Waals surface area contributed by atoms with E-state index >= 15 is 0 Å². The fraction of sp³-hybridized carbons (Fsp3) is 0.167. The van der Waals surface area contributed by atoms with Crippen LogP contribution in [-0.2, 0) is 13.1 Å². The second-order valence-electron chi connectivity index (χ2n) is 5.95. The average Bonchev–Trinajstić information content (AvgIpc) is 3.07. The Morgan fingerprint density at radius 3 is 2.72 bits per heavy atom. The van der Waals surface area contributed by atoms with E-state index in [1.807, 2.05) is 6.20 Å². The molecule has 0 radical (unpaired) electrons. The van der Waals surface area contributed by atoms with E-state index in [4.69, 9.17) is 0 Å². The van der Waals surface area contributed by atoms with Gasteiger partial charge in [0, 0.05) is 6.20 Å². The fourth-order valence-corrected chi connectivity index (χ4v) is 2.65. The molecule has 0 aliphatic heterocycles. The van der Waals surface area contributed by atoms with Gasteiger partial charge in [-0.2, -0.15) is 0 Å². The highest BCUT2D eigenvalue weighted by atomic mass is 16.1. The Balaban J connectivity index is 1.56. The quantitative estimate of drug-likeness (QED) is 0.569. The topological polar surface area (TPSA) is 78.5 Å². The van der Waals surface area contributed by atoms with Gasteiger partial charge in [0.05, 0.1) is 24.7 Å². The summed E-state index contributed by atoms with van der Waals surface area (Å²) in [6, 6.07) is 11.7. The zero-order valence-electron chi connectivity index (χ0n) is 13.7.